The lowest BCUT2D eigenvalue weighted by atomic mass is 10.0. The molecule has 1 aromatic rings. The fourth-order valence-corrected chi connectivity index (χ4v) is 1.78. The van der Waals surface area contributed by atoms with E-state index in [1.165, 1.54) is 11.1 Å². The van der Waals surface area contributed by atoms with Gasteiger partial charge in [-0.3, -0.25) is 0 Å². The molecule has 0 radical (unpaired) electrons. The molecule has 16 heavy (non-hydrogen) atoms. The van der Waals surface area contributed by atoms with Crippen molar-refractivity contribution in [3.8, 4) is 0 Å². The summed E-state index contributed by atoms with van der Waals surface area (Å²) in [6.45, 7) is 11.2. The van der Waals surface area contributed by atoms with Crippen molar-refractivity contribution < 1.29 is 0 Å². The van der Waals surface area contributed by atoms with Gasteiger partial charge >= 0.3 is 0 Å². The number of benzene rings is 1. The van der Waals surface area contributed by atoms with Gasteiger partial charge in [-0.15, -0.1) is 0 Å². The Morgan fingerprint density at radius 1 is 1.00 bits per heavy atom. The second-order valence-electron chi connectivity index (χ2n) is 5.29. The Bertz CT molecular complexity index is 300. The molecule has 0 aliphatic carbocycles. The van der Waals surface area contributed by atoms with Gasteiger partial charge in [-0.1, -0.05) is 43.7 Å². The van der Waals surface area contributed by atoms with Gasteiger partial charge in [0.25, 0.3) is 0 Å². The van der Waals surface area contributed by atoms with E-state index in [0.717, 1.165) is 6.42 Å². The second kappa shape index (κ2) is 6.05. The Labute approximate surface area is 100 Å². The maximum absolute atomic E-state index is 3.64. The van der Waals surface area contributed by atoms with E-state index >= 15 is 0 Å². The molecule has 0 bridgehead atoms. The van der Waals surface area contributed by atoms with E-state index in [4.69, 9.17) is 0 Å². The molecule has 0 amide bonds. The van der Waals surface area contributed by atoms with Crippen molar-refractivity contribution in [1.29, 1.82) is 0 Å². The molecule has 2 atom stereocenters. The van der Waals surface area contributed by atoms with Gasteiger partial charge in [-0.05, 0) is 38.7 Å². The van der Waals surface area contributed by atoms with Crippen LogP contribution in [0.2, 0.25) is 0 Å². The van der Waals surface area contributed by atoms with Crippen LogP contribution in [0.4, 0.5) is 0 Å². The molecule has 1 N–H and O–H groups in total. The molecule has 0 spiro atoms. The fourth-order valence-electron chi connectivity index (χ4n) is 1.78. The highest BCUT2D eigenvalue weighted by Gasteiger charge is 2.10. The molecule has 1 heteroatoms. The molecule has 1 nitrogen and oxygen atoms in total. The van der Waals surface area contributed by atoms with Crippen molar-refractivity contribution in [2.75, 3.05) is 0 Å². The lowest BCUT2D eigenvalue weighted by Gasteiger charge is -2.23. The SMILES string of the molecule is Cc1ccc(CC(C)NC(C)C(C)C)cc1. The number of aryl methyl sites for hydroxylation is 1. The van der Waals surface area contributed by atoms with Crippen LogP contribution >= 0.6 is 0 Å². The Hall–Kier alpha value is -0.820. The molecular formula is C15H25N. The number of hydrogen-bond donors (Lipinski definition) is 1. The van der Waals surface area contributed by atoms with Crippen LogP contribution < -0.4 is 5.32 Å². The van der Waals surface area contributed by atoms with Gasteiger partial charge in [0, 0.05) is 12.1 Å². The van der Waals surface area contributed by atoms with Crippen LogP contribution in [0.1, 0.15) is 38.8 Å². The van der Waals surface area contributed by atoms with Crippen LogP contribution in [0.15, 0.2) is 24.3 Å². The van der Waals surface area contributed by atoms with Crippen molar-refractivity contribution in [2.24, 2.45) is 5.92 Å². The topological polar surface area (TPSA) is 12.0 Å². The average Bonchev–Trinajstić information content (AvgIpc) is 2.21. The van der Waals surface area contributed by atoms with Crippen molar-refractivity contribution >= 4 is 0 Å². The third kappa shape index (κ3) is 4.36. The molecule has 0 heterocycles. The summed E-state index contributed by atoms with van der Waals surface area (Å²) in [5.41, 5.74) is 2.75. The molecule has 0 aliphatic heterocycles. The summed E-state index contributed by atoms with van der Waals surface area (Å²) >= 11 is 0. The predicted molar refractivity (Wildman–Crippen MR) is 71.8 cm³/mol. The van der Waals surface area contributed by atoms with Crippen molar-refractivity contribution in [1.82, 2.24) is 5.32 Å². The number of hydrogen-bond acceptors (Lipinski definition) is 1. The maximum atomic E-state index is 3.64. The summed E-state index contributed by atoms with van der Waals surface area (Å²) in [7, 11) is 0. The van der Waals surface area contributed by atoms with Gasteiger partial charge in [-0.25, -0.2) is 0 Å². The summed E-state index contributed by atoms with van der Waals surface area (Å²) in [6, 6.07) is 9.96. The molecule has 0 saturated heterocycles. The monoisotopic (exact) mass is 219 g/mol. The first kappa shape index (κ1) is 13.2. The average molecular weight is 219 g/mol. The molecule has 1 aromatic carbocycles. The Morgan fingerprint density at radius 2 is 1.56 bits per heavy atom. The number of nitrogens with one attached hydrogen (secondary N) is 1. The van der Waals surface area contributed by atoms with Gasteiger partial charge in [0.2, 0.25) is 0 Å². The van der Waals surface area contributed by atoms with E-state index < -0.39 is 0 Å². The highest BCUT2D eigenvalue weighted by Crippen LogP contribution is 2.08. The molecule has 0 aromatic heterocycles. The van der Waals surface area contributed by atoms with Gasteiger partial charge in [0.15, 0.2) is 0 Å². The van der Waals surface area contributed by atoms with Crippen molar-refractivity contribution in [3.05, 3.63) is 35.4 Å². The zero-order valence-electron chi connectivity index (χ0n) is 11.2. The lowest BCUT2D eigenvalue weighted by molar-refractivity contribution is 0.382. The van der Waals surface area contributed by atoms with Gasteiger partial charge < -0.3 is 5.32 Å². The normalized spacial score (nSPS) is 15.1. The molecule has 0 saturated carbocycles. The summed E-state index contributed by atoms with van der Waals surface area (Å²) in [5.74, 6) is 0.695. The first-order chi connectivity index (χ1) is 7.49. The largest absolute Gasteiger partial charge is 0.311 e. The van der Waals surface area contributed by atoms with Crippen LogP contribution in [-0.2, 0) is 6.42 Å². The van der Waals surface area contributed by atoms with Gasteiger partial charge in [0.1, 0.15) is 0 Å². The lowest BCUT2D eigenvalue weighted by Crippen LogP contribution is -2.38. The van der Waals surface area contributed by atoms with Crippen LogP contribution in [0, 0.1) is 12.8 Å². The second-order valence-corrected chi connectivity index (χ2v) is 5.29. The first-order valence-electron chi connectivity index (χ1n) is 6.30. The van der Waals surface area contributed by atoms with Crippen LogP contribution in [0.3, 0.4) is 0 Å². The minimum absolute atomic E-state index is 0.542. The third-order valence-electron chi connectivity index (χ3n) is 3.21. The Morgan fingerprint density at radius 3 is 2.06 bits per heavy atom. The first-order valence-corrected chi connectivity index (χ1v) is 6.30. The molecular weight excluding hydrogens is 194 g/mol. The highest BCUT2D eigenvalue weighted by molar-refractivity contribution is 5.21. The smallest absolute Gasteiger partial charge is 0.00817 e. The molecule has 90 valence electrons. The highest BCUT2D eigenvalue weighted by atomic mass is 14.9. The van der Waals surface area contributed by atoms with Crippen LogP contribution in [-0.4, -0.2) is 12.1 Å². The quantitative estimate of drug-likeness (QED) is 0.798. The van der Waals surface area contributed by atoms with Crippen molar-refractivity contribution in [2.45, 2.75) is 53.1 Å². The molecule has 0 fully saturated rings. The predicted octanol–water partition coefficient (Wildman–Crippen LogP) is 3.56. The van der Waals surface area contributed by atoms with E-state index in [9.17, 15) is 0 Å². The van der Waals surface area contributed by atoms with Crippen LogP contribution in [0.25, 0.3) is 0 Å². The molecule has 0 aliphatic rings. The zero-order valence-corrected chi connectivity index (χ0v) is 11.2. The summed E-state index contributed by atoms with van der Waals surface area (Å²) in [6.07, 6.45) is 1.11. The standard InChI is InChI=1S/C15H25N/c1-11(2)14(5)16-13(4)10-15-8-6-12(3)7-9-15/h6-9,11,13-14,16H,10H2,1-5H3. The maximum Gasteiger partial charge on any atom is 0.00817 e. The Kier molecular flexibility index (Phi) is 5.01. The van der Waals surface area contributed by atoms with Crippen molar-refractivity contribution in [3.63, 3.8) is 0 Å². The summed E-state index contributed by atoms with van der Waals surface area (Å²) in [5, 5.41) is 3.64. The fraction of sp³-hybridized carbons (Fsp3) is 0.600. The van der Waals surface area contributed by atoms with E-state index in [1.54, 1.807) is 0 Å². The third-order valence-corrected chi connectivity index (χ3v) is 3.21. The minimum atomic E-state index is 0.542. The molecule has 1 rings (SSSR count). The van der Waals surface area contributed by atoms with E-state index in [1.807, 2.05) is 0 Å². The van der Waals surface area contributed by atoms with Gasteiger partial charge in [0.05, 0.1) is 0 Å². The van der Waals surface area contributed by atoms with E-state index in [-0.39, 0.29) is 0 Å². The van der Waals surface area contributed by atoms with E-state index in [2.05, 4.69) is 64.2 Å². The van der Waals surface area contributed by atoms with Crippen LogP contribution in [0.5, 0.6) is 0 Å². The van der Waals surface area contributed by atoms with Gasteiger partial charge in [-0.2, -0.15) is 0 Å². The molecule has 2 unspecified atom stereocenters. The number of rotatable bonds is 5. The minimum Gasteiger partial charge on any atom is -0.311 e. The zero-order chi connectivity index (χ0) is 12.1. The summed E-state index contributed by atoms with van der Waals surface area (Å²) < 4.78 is 0. The summed E-state index contributed by atoms with van der Waals surface area (Å²) in [4.78, 5) is 0. The van der Waals surface area contributed by atoms with E-state index in [0.29, 0.717) is 18.0 Å². The Balaban J connectivity index is 2.45.